The Morgan fingerprint density at radius 3 is 2.79 bits per heavy atom. The van der Waals surface area contributed by atoms with E-state index >= 15 is 0 Å². The number of pyridine rings is 2. The number of halogens is 1. The lowest BCUT2D eigenvalue weighted by Gasteiger charge is -2.06. The number of fused-ring (bicyclic) bond motifs is 1. The first kappa shape index (κ1) is 17.9. The lowest BCUT2D eigenvalue weighted by Crippen LogP contribution is -2.05. The average Bonchev–Trinajstić information content (AvgIpc) is 3.01. The van der Waals surface area contributed by atoms with Crippen LogP contribution in [0.5, 0.6) is 0 Å². The lowest BCUT2D eigenvalue weighted by molar-refractivity contribution is 0.0600. The van der Waals surface area contributed by atoms with Gasteiger partial charge in [-0.25, -0.2) is 4.79 Å². The van der Waals surface area contributed by atoms with E-state index in [0.29, 0.717) is 17.8 Å². The highest BCUT2D eigenvalue weighted by molar-refractivity contribution is 5.90. The molecule has 0 aliphatic heterocycles. The van der Waals surface area contributed by atoms with Gasteiger partial charge in [0.25, 0.3) is 0 Å². The van der Waals surface area contributed by atoms with Crippen LogP contribution < -0.4 is 5.73 Å². The van der Waals surface area contributed by atoms with Crippen molar-refractivity contribution < 1.29 is 9.53 Å². The normalized spacial score (nSPS) is 10.4. The van der Waals surface area contributed by atoms with Crippen molar-refractivity contribution in [2.24, 2.45) is 5.73 Å². The molecule has 3 heterocycles. The minimum absolute atomic E-state index is 0. The zero-order valence-electron chi connectivity index (χ0n) is 13.3. The predicted molar refractivity (Wildman–Crippen MR) is 95.2 cm³/mol. The number of carbonyl (C=O) groups excluding carboxylic acids is 1. The molecule has 3 aromatic rings. The van der Waals surface area contributed by atoms with E-state index in [1.807, 2.05) is 24.5 Å². The zero-order valence-corrected chi connectivity index (χ0v) is 14.1. The summed E-state index contributed by atoms with van der Waals surface area (Å²) in [6.45, 7) is 1.53. The Morgan fingerprint density at radius 1 is 1.25 bits per heavy atom. The van der Waals surface area contributed by atoms with E-state index < -0.39 is 0 Å². The van der Waals surface area contributed by atoms with E-state index in [0.717, 1.165) is 29.6 Å². The van der Waals surface area contributed by atoms with Gasteiger partial charge < -0.3 is 15.0 Å². The predicted octanol–water partition coefficient (Wildman–Crippen LogP) is 2.66. The van der Waals surface area contributed by atoms with Crippen LogP contribution in [0.2, 0.25) is 0 Å². The Kier molecular flexibility index (Phi) is 5.89. The van der Waals surface area contributed by atoms with Gasteiger partial charge in [0.1, 0.15) is 0 Å². The van der Waals surface area contributed by atoms with E-state index in [1.165, 1.54) is 7.11 Å². The second-order valence-corrected chi connectivity index (χ2v) is 5.20. The number of hydrogen-bond acceptors (Lipinski definition) is 5. The fourth-order valence-electron chi connectivity index (χ4n) is 2.50. The van der Waals surface area contributed by atoms with Gasteiger partial charge in [-0.05, 0) is 37.2 Å². The second kappa shape index (κ2) is 7.90. The van der Waals surface area contributed by atoms with Crippen LogP contribution in [-0.2, 0) is 11.3 Å². The molecule has 126 valence electrons. The summed E-state index contributed by atoms with van der Waals surface area (Å²) >= 11 is 0. The minimum atomic E-state index is -0.386. The Hall–Kier alpha value is -2.44. The van der Waals surface area contributed by atoms with Gasteiger partial charge in [-0.2, -0.15) is 0 Å². The fraction of sp³-hybridized carbons (Fsp3) is 0.235. The van der Waals surface area contributed by atoms with Gasteiger partial charge in [0.15, 0.2) is 0 Å². The minimum Gasteiger partial charge on any atom is -0.465 e. The molecule has 0 fully saturated rings. The van der Waals surface area contributed by atoms with Crippen molar-refractivity contribution >= 4 is 29.3 Å². The molecule has 0 aliphatic rings. The number of ether oxygens (including phenoxy) is 1. The molecule has 0 amide bonds. The highest BCUT2D eigenvalue weighted by atomic mass is 35.5. The molecule has 3 rings (SSSR count). The molecule has 0 aromatic carbocycles. The number of nitrogens with two attached hydrogens (primary N) is 1. The Labute approximate surface area is 146 Å². The standard InChI is InChI=1S/C17H18N4O2.ClH/c1-23-17(22)13-3-6-19-14(10-13)15-9-12-4-8-21(7-2-5-18)16(12)11-20-15;/h3-4,6,8-11H,2,5,7,18H2,1H3;1H. The van der Waals surface area contributed by atoms with Crippen molar-refractivity contribution in [3.8, 4) is 11.4 Å². The van der Waals surface area contributed by atoms with Gasteiger partial charge in [0, 0.05) is 24.3 Å². The molecule has 0 saturated heterocycles. The maximum Gasteiger partial charge on any atom is 0.337 e. The number of rotatable bonds is 5. The number of aryl methyl sites for hydroxylation is 1. The molecular weight excluding hydrogens is 328 g/mol. The van der Waals surface area contributed by atoms with E-state index in [-0.39, 0.29) is 18.4 Å². The lowest BCUT2D eigenvalue weighted by atomic mass is 10.1. The third-order valence-electron chi connectivity index (χ3n) is 3.70. The number of methoxy groups -OCH3 is 1. The fourth-order valence-corrected chi connectivity index (χ4v) is 2.50. The molecule has 2 N–H and O–H groups in total. The summed E-state index contributed by atoms with van der Waals surface area (Å²) in [4.78, 5) is 20.4. The van der Waals surface area contributed by atoms with Crippen molar-refractivity contribution in [1.82, 2.24) is 14.5 Å². The van der Waals surface area contributed by atoms with Crippen LogP contribution in [0.25, 0.3) is 22.3 Å². The highest BCUT2D eigenvalue weighted by Crippen LogP contribution is 2.22. The molecule has 3 aromatic heterocycles. The smallest absolute Gasteiger partial charge is 0.337 e. The summed E-state index contributed by atoms with van der Waals surface area (Å²) in [5.74, 6) is -0.386. The summed E-state index contributed by atoms with van der Waals surface area (Å²) in [6.07, 6.45) is 6.37. The summed E-state index contributed by atoms with van der Waals surface area (Å²) < 4.78 is 6.87. The van der Waals surface area contributed by atoms with Crippen molar-refractivity contribution in [2.45, 2.75) is 13.0 Å². The van der Waals surface area contributed by atoms with Crippen LogP contribution >= 0.6 is 12.4 Å². The molecule has 24 heavy (non-hydrogen) atoms. The Morgan fingerprint density at radius 2 is 2.04 bits per heavy atom. The van der Waals surface area contributed by atoms with Crippen LogP contribution in [-0.4, -0.2) is 34.2 Å². The molecular formula is C17H19ClN4O2. The van der Waals surface area contributed by atoms with Gasteiger partial charge in [-0.1, -0.05) is 0 Å². The molecule has 6 nitrogen and oxygen atoms in total. The number of carbonyl (C=O) groups is 1. The molecule has 0 aliphatic carbocycles. The van der Waals surface area contributed by atoms with Crippen LogP contribution in [0, 0.1) is 0 Å². The van der Waals surface area contributed by atoms with Gasteiger partial charge in [-0.15, -0.1) is 12.4 Å². The molecule has 7 heteroatoms. The Bertz CT molecular complexity index is 847. The van der Waals surface area contributed by atoms with E-state index in [1.54, 1.807) is 18.3 Å². The van der Waals surface area contributed by atoms with E-state index in [9.17, 15) is 4.79 Å². The molecule has 0 spiro atoms. The highest BCUT2D eigenvalue weighted by Gasteiger charge is 2.10. The number of esters is 1. The summed E-state index contributed by atoms with van der Waals surface area (Å²) in [5.41, 5.74) is 8.45. The molecule has 0 bridgehead atoms. The zero-order chi connectivity index (χ0) is 16.2. The molecule has 0 unspecified atom stereocenters. The van der Waals surface area contributed by atoms with Gasteiger partial charge >= 0.3 is 5.97 Å². The SMILES string of the molecule is COC(=O)c1ccnc(-c2cc3ccn(CCCN)c3cn2)c1.Cl. The average molecular weight is 347 g/mol. The third kappa shape index (κ3) is 3.55. The number of aromatic nitrogens is 3. The van der Waals surface area contributed by atoms with Gasteiger partial charge in [0.05, 0.1) is 35.8 Å². The summed E-state index contributed by atoms with van der Waals surface area (Å²) in [5, 5.41) is 1.08. The van der Waals surface area contributed by atoms with Crippen molar-refractivity contribution in [3.63, 3.8) is 0 Å². The maximum atomic E-state index is 11.6. The summed E-state index contributed by atoms with van der Waals surface area (Å²) in [6, 6.07) is 7.32. The largest absolute Gasteiger partial charge is 0.465 e. The monoisotopic (exact) mass is 346 g/mol. The second-order valence-electron chi connectivity index (χ2n) is 5.20. The first-order valence-electron chi connectivity index (χ1n) is 7.42. The third-order valence-corrected chi connectivity index (χ3v) is 3.70. The van der Waals surface area contributed by atoms with E-state index in [4.69, 9.17) is 10.5 Å². The Balaban J connectivity index is 0.00000208. The van der Waals surface area contributed by atoms with Crippen LogP contribution in [0.4, 0.5) is 0 Å². The van der Waals surface area contributed by atoms with Crippen molar-refractivity contribution in [2.75, 3.05) is 13.7 Å². The van der Waals surface area contributed by atoms with Gasteiger partial charge in [0.2, 0.25) is 0 Å². The first-order chi connectivity index (χ1) is 11.2. The molecule has 0 saturated carbocycles. The number of nitrogens with zero attached hydrogens (tertiary/aromatic N) is 3. The molecule has 0 atom stereocenters. The topological polar surface area (TPSA) is 83.0 Å². The van der Waals surface area contributed by atoms with Crippen LogP contribution in [0.3, 0.4) is 0 Å². The van der Waals surface area contributed by atoms with Crippen LogP contribution in [0.1, 0.15) is 16.8 Å². The summed E-state index contributed by atoms with van der Waals surface area (Å²) in [7, 11) is 1.36. The first-order valence-corrected chi connectivity index (χ1v) is 7.42. The van der Waals surface area contributed by atoms with Crippen LogP contribution in [0.15, 0.2) is 42.9 Å². The number of hydrogen-bond donors (Lipinski definition) is 1. The quantitative estimate of drug-likeness (QED) is 0.718. The van der Waals surface area contributed by atoms with Gasteiger partial charge in [-0.3, -0.25) is 9.97 Å². The molecule has 0 radical (unpaired) electrons. The van der Waals surface area contributed by atoms with Crippen molar-refractivity contribution in [3.05, 3.63) is 48.4 Å². The van der Waals surface area contributed by atoms with E-state index in [2.05, 4.69) is 14.5 Å². The van der Waals surface area contributed by atoms with Crippen molar-refractivity contribution in [1.29, 1.82) is 0 Å². The maximum absolute atomic E-state index is 11.6.